The third-order valence-corrected chi connectivity index (χ3v) is 2.62. The van der Waals surface area contributed by atoms with Crippen molar-refractivity contribution in [3.63, 3.8) is 0 Å². The molecule has 3 nitrogen and oxygen atoms in total. The van der Waals surface area contributed by atoms with Crippen LogP contribution in [0.3, 0.4) is 0 Å². The maximum absolute atomic E-state index is 5.79. The topological polar surface area (TPSA) is 44.5 Å². The van der Waals surface area contributed by atoms with Crippen LogP contribution in [0.25, 0.3) is 0 Å². The third-order valence-electron chi connectivity index (χ3n) is 2.62. The van der Waals surface area contributed by atoms with Crippen LogP contribution in [0.15, 0.2) is 24.3 Å². The van der Waals surface area contributed by atoms with E-state index in [1.165, 1.54) is 0 Å². The lowest BCUT2D eigenvalue weighted by atomic mass is 10.1. The minimum Gasteiger partial charge on any atom is -0.382 e. The van der Waals surface area contributed by atoms with Crippen molar-refractivity contribution >= 4 is 0 Å². The molecule has 1 aromatic carbocycles. The Hall–Kier alpha value is -1.34. The Bertz CT molecular complexity index is 402. The molecule has 0 saturated carbocycles. The lowest BCUT2D eigenvalue weighted by Crippen LogP contribution is -2.04. The van der Waals surface area contributed by atoms with Gasteiger partial charge in [-0.3, -0.25) is 0 Å². The summed E-state index contributed by atoms with van der Waals surface area (Å²) in [5, 5.41) is 0. The fourth-order valence-corrected chi connectivity index (χ4v) is 1.54. The fraction of sp³-hybridized carbons (Fsp3) is 0.636. The molecule has 0 bridgehead atoms. The monoisotopic (exact) mass is 351 g/mol. The van der Waals surface area contributed by atoms with Gasteiger partial charge in [-0.2, -0.15) is 0 Å². The zero-order valence-corrected chi connectivity index (χ0v) is 17.8. The van der Waals surface area contributed by atoms with Gasteiger partial charge >= 0.3 is 0 Å². The van der Waals surface area contributed by atoms with Crippen LogP contribution < -0.4 is 5.73 Å². The van der Waals surface area contributed by atoms with Gasteiger partial charge in [-0.05, 0) is 38.0 Å². The average Bonchev–Trinajstić information content (AvgIpc) is 2.69. The first kappa shape index (κ1) is 28.5. The summed E-state index contributed by atoms with van der Waals surface area (Å²) in [7, 11) is 0. The molecule has 0 radical (unpaired) electrons. The summed E-state index contributed by atoms with van der Waals surface area (Å²) < 4.78 is 10.6. The summed E-state index contributed by atoms with van der Waals surface area (Å²) in [6, 6.07) is 8.06. The normalized spacial score (nSPS) is 9.64. The lowest BCUT2D eigenvalue weighted by molar-refractivity contribution is 0.102. The lowest BCUT2D eigenvalue weighted by Gasteiger charge is -2.04. The van der Waals surface area contributed by atoms with Gasteiger partial charge < -0.3 is 15.2 Å². The van der Waals surface area contributed by atoms with Crippen molar-refractivity contribution in [3.8, 4) is 11.8 Å². The first-order valence-corrected chi connectivity index (χ1v) is 9.74. The van der Waals surface area contributed by atoms with Crippen LogP contribution >= 0.6 is 0 Å². The molecule has 1 unspecified atom stereocenters. The van der Waals surface area contributed by atoms with E-state index < -0.39 is 0 Å². The molecule has 1 rings (SSSR count). The standard InChI is InChI=1S/C16H23NO2.3C2H6/c1-3-18-12-5-13-19-11-4-6-15-7-9-16(10-8-15)14(2)17;3*1-2/h7-10,14H,3,5,11-13,17H2,1-2H3;3*1-2H3. The van der Waals surface area contributed by atoms with Crippen molar-refractivity contribution in [2.24, 2.45) is 5.73 Å². The van der Waals surface area contributed by atoms with Crippen LogP contribution in [-0.2, 0) is 9.47 Å². The SMILES string of the molecule is CC.CC.CC.CCOCCCOCC#Cc1ccc(C(C)N)cc1. The Kier molecular flexibility index (Phi) is 28.4. The first-order valence-electron chi connectivity index (χ1n) is 9.74. The quantitative estimate of drug-likeness (QED) is 0.515. The van der Waals surface area contributed by atoms with Gasteiger partial charge in [-0.1, -0.05) is 65.5 Å². The molecule has 0 aliphatic carbocycles. The number of benzene rings is 1. The molecule has 2 N–H and O–H groups in total. The van der Waals surface area contributed by atoms with E-state index in [-0.39, 0.29) is 6.04 Å². The van der Waals surface area contributed by atoms with Crippen molar-refractivity contribution in [1.29, 1.82) is 0 Å². The minimum absolute atomic E-state index is 0.0654. The van der Waals surface area contributed by atoms with Gasteiger partial charge in [0, 0.05) is 24.8 Å². The van der Waals surface area contributed by atoms with Gasteiger partial charge in [0.2, 0.25) is 0 Å². The van der Waals surface area contributed by atoms with E-state index in [2.05, 4.69) is 11.8 Å². The second-order valence-corrected chi connectivity index (χ2v) is 4.32. The van der Waals surface area contributed by atoms with Gasteiger partial charge in [0.05, 0.1) is 6.61 Å². The van der Waals surface area contributed by atoms with Crippen LogP contribution in [0.1, 0.15) is 79.0 Å². The van der Waals surface area contributed by atoms with Gasteiger partial charge in [0.1, 0.15) is 6.61 Å². The number of hydrogen-bond donors (Lipinski definition) is 1. The molecule has 0 fully saturated rings. The molecule has 0 spiro atoms. The molecule has 0 aromatic heterocycles. The molecule has 1 atom stereocenters. The smallest absolute Gasteiger partial charge is 0.108 e. The predicted molar refractivity (Wildman–Crippen MR) is 112 cm³/mol. The summed E-state index contributed by atoms with van der Waals surface area (Å²) in [6.45, 7) is 18.6. The summed E-state index contributed by atoms with van der Waals surface area (Å²) in [5.41, 5.74) is 7.90. The van der Waals surface area contributed by atoms with Crippen LogP contribution in [0.4, 0.5) is 0 Å². The van der Waals surface area contributed by atoms with Crippen LogP contribution in [0.2, 0.25) is 0 Å². The molecular weight excluding hydrogens is 310 g/mol. The molecule has 0 amide bonds. The number of rotatable bonds is 7. The van der Waals surface area contributed by atoms with E-state index in [9.17, 15) is 0 Å². The largest absolute Gasteiger partial charge is 0.382 e. The second-order valence-electron chi connectivity index (χ2n) is 4.32. The number of hydrogen-bond acceptors (Lipinski definition) is 3. The maximum atomic E-state index is 5.79. The Balaban J connectivity index is -0.000000725. The van der Waals surface area contributed by atoms with Gasteiger partial charge in [-0.25, -0.2) is 0 Å². The zero-order valence-electron chi connectivity index (χ0n) is 17.8. The summed E-state index contributed by atoms with van der Waals surface area (Å²) in [5.74, 6) is 6.06. The van der Waals surface area contributed by atoms with Crippen molar-refractivity contribution in [2.75, 3.05) is 26.4 Å². The van der Waals surface area contributed by atoms with Crippen LogP contribution in [0.5, 0.6) is 0 Å². The van der Waals surface area contributed by atoms with Gasteiger partial charge in [0.15, 0.2) is 0 Å². The second kappa shape index (κ2) is 24.9. The summed E-state index contributed by atoms with van der Waals surface area (Å²) >= 11 is 0. The molecule has 0 saturated heterocycles. The highest BCUT2D eigenvalue weighted by Crippen LogP contribution is 2.09. The summed E-state index contributed by atoms with van der Waals surface area (Å²) in [4.78, 5) is 0. The summed E-state index contributed by atoms with van der Waals surface area (Å²) in [6.07, 6.45) is 0.915. The molecule has 1 aromatic rings. The van der Waals surface area contributed by atoms with E-state index in [0.29, 0.717) is 13.2 Å². The minimum atomic E-state index is 0.0654. The zero-order chi connectivity index (χ0) is 19.9. The highest BCUT2D eigenvalue weighted by atomic mass is 16.5. The van der Waals surface area contributed by atoms with Gasteiger partial charge in [0.25, 0.3) is 0 Å². The molecule has 25 heavy (non-hydrogen) atoms. The Morgan fingerprint density at radius 2 is 1.44 bits per heavy atom. The van der Waals surface area contributed by atoms with Crippen molar-refractivity contribution in [2.45, 2.75) is 67.9 Å². The molecule has 146 valence electrons. The molecule has 0 aliphatic rings. The Labute approximate surface area is 157 Å². The van der Waals surface area contributed by atoms with Crippen LogP contribution in [-0.4, -0.2) is 26.4 Å². The first-order chi connectivity index (χ1) is 12.2. The number of ether oxygens (including phenoxy) is 2. The van der Waals surface area contributed by atoms with E-state index >= 15 is 0 Å². The number of nitrogens with two attached hydrogens (primary N) is 1. The highest BCUT2D eigenvalue weighted by molar-refractivity contribution is 5.36. The highest BCUT2D eigenvalue weighted by Gasteiger charge is 1.97. The average molecular weight is 352 g/mol. The third kappa shape index (κ3) is 18.8. The Morgan fingerprint density at radius 1 is 0.920 bits per heavy atom. The molecular formula is C22H41NO2. The van der Waals surface area contributed by atoms with E-state index in [0.717, 1.165) is 30.8 Å². The van der Waals surface area contributed by atoms with Crippen LogP contribution in [0, 0.1) is 11.8 Å². The maximum Gasteiger partial charge on any atom is 0.108 e. The Morgan fingerprint density at radius 3 is 1.92 bits per heavy atom. The molecule has 0 aliphatic heterocycles. The van der Waals surface area contributed by atoms with Crippen molar-refractivity contribution < 1.29 is 9.47 Å². The van der Waals surface area contributed by atoms with E-state index in [4.69, 9.17) is 15.2 Å². The van der Waals surface area contributed by atoms with Gasteiger partial charge in [-0.15, -0.1) is 0 Å². The van der Waals surface area contributed by atoms with E-state index in [1.807, 2.05) is 79.7 Å². The van der Waals surface area contributed by atoms with Crippen molar-refractivity contribution in [3.05, 3.63) is 35.4 Å². The molecule has 3 heteroatoms. The fourth-order valence-electron chi connectivity index (χ4n) is 1.54. The van der Waals surface area contributed by atoms with E-state index in [1.54, 1.807) is 0 Å². The van der Waals surface area contributed by atoms with Crippen molar-refractivity contribution in [1.82, 2.24) is 0 Å². The molecule has 0 heterocycles. The predicted octanol–water partition coefficient (Wildman–Crippen LogP) is 5.58.